The molecule has 0 saturated carbocycles. The van der Waals surface area contributed by atoms with Gasteiger partial charge in [-0.25, -0.2) is 4.79 Å². The first-order chi connectivity index (χ1) is 11.8. The van der Waals surface area contributed by atoms with Gasteiger partial charge in [-0.15, -0.1) is 0 Å². The van der Waals surface area contributed by atoms with Crippen LogP contribution in [0.5, 0.6) is 0 Å². The average molecular weight is 348 g/mol. The third kappa shape index (κ3) is 4.75. The number of H-pyrrole nitrogens is 1. The molecule has 1 aromatic heterocycles. The summed E-state index contributed by atoms with van der Waals surface area (Å²) in [5.41, 5.74) is 2.20. The van der Waals surface area contributed by atoms with Crippen LogP contribution in [-0.4, -0.2) is 51.5 Å². The van der Waals surface area contributed by atoms with E-state index in [-0.39, 0.29) is 12.1 Å². The van der Waals surface area contributed by atoms with Crippen LogP contribution < -0.4 is 5.32 Å². The predicted octanol–water partition coefficient (Wildman–Crippen LogP) is 3.03. The number of nitrogens with one attached hydrogen (secondary N) is 2. The molecule has 0 aromatic carbocycles. The molecule has 1 saturated heterocycles. The first-order valence-electron chi connectivity index (χ1n) is 9.58. The van der Waals surface area contributed by atoms with E-state index in [1.54, 1.807) is 0 Å². The van der Waals surface area contributed by atoms with E-state index < -0.39 is 5.60 Å². The van der Waals surface area contributed by atoms with Gasteiger partial charge in [-0.2, -0.15) is 5.10 Å². The van der Waals surface area contributed by atoms with Crippen molar-refractivity contribution >= 4 is 6.09 Å². The number of hydrogen-bond donors (Lipinski definition) is 2. The predicted molar refractivity (Wildman–Crippen MR) is 97.6 cm³/mol. The highest BCUT2D eigenvalue weighted by Crippen LogP contribution is 2.25. The summed E-state index contributed by atoms with van der Waals surface area (Å²) in [5.74, 6) is 0. The molecule has 2 aliphatic rings. The zero-order valence-corrected chi connectivity index (χ0v) is 16.0. The van der Waals surface area contributed by atoms with Gasteiger partial charge >= 0.3 is 6.09 Å². The van der Waals surface area contributed by atoms with Gasteiger partial charge in [0.25, 0.3) is 0 Å². The molecule has 2 heterocycles. The largest absolute Gasteiger partial charge is 0.444 e. The summed E-state index contributed by atoms with van der Waals surface area (Å²) < 4.78 is 5.57. The van der Waals surface area contributed by atoms with Crippen molar-refractivity contribution in [3.63, 3.8) is 0 Å². The molecule has 6 heteroatoms. The molecule has 140 valence electrons. The van der Waals surface area contributed by atoms with Crippen LogP contribution in [0.2, 0.25) is 0 Å². The van der Waals surface area contributed by atoms with Gasteiger partial charge in [0.1, 0.15) is 5.60 Å². The highest BCUT2D eigenvalue weighted by atomic mass is 16.6. The van der Waals surface area contributed by atoms with E-state index in [1.807, 2.05) is 31.9 Å². The number of rotatable bonds is 4. The summed E-state index contributed by atoms with van der Waals surface area (Å²) in [5, 5.41) is 11.0. The summed E-state index contributed by atoms with van der Waals surface area (Å²) in [6.45, 7) is 8.82. The van der Waals surface area contributed by atoms with Crippen LogP contribution >= 0.6 is 0 Å². The summed E-state index contributed by atoms with van der Waals surface area (Å²) >= 11 is 0. The molecule has 0 unspecified atom stereocenters. The number of carbonyl (C=O) groups is 1. The Morgan fingerprint density at radius 3 is 3.04 bits per heavy atom. The lowest BCUT2D eigenvalue weighted by Crippen LogP contribution is -2.45. The quantitative estimate of drug-likeness (QED) is 0.877. The third-order valence-electron chi connectivity index (χ3n) is 5.17. The standard InChI is InChI=1S/C19H32N4O2/c1-13(21-15-7-8-17-14(11-15)12-20-22-17)10-16-6-5-9-23(16)18(24)25-19(2,3)4/h12-13,15-16,21H,5-11H2,1-4H3,(H,20,22)/t13-,15+,16+/m1/s1. The number of aromatic amines is 1. The topological polar surface area (TPSA) is 70.2 Å². The maximum Gasteiger partial charge on any atom is 0.410 e. The van der Waals surface area contributed by atoms with Gasteiger partial charge in [0.15, 0.2) is 0 Å². The first-order valence-corrected chi connectivity index (χ1v) is 9.58. The second kappa shape index (κ2) is 7.36. The van der Waals surface area contributed by atoms with Crippen molar-refractivity contribution < 1.29 is 9.53 Å². The molecule has 1 amide bonds. The Labute approximate surface area is 150 Å². The highest BCUT2D eigenvalue weighted by molar-refractivity contribution is 5.68. The molecule has 25 heavy (non-hydrogen) atoms. The third-order valence-corrected chi connectivity index (χ3v) is 5.17. The van der Waals surface area contributed by atoms with Crippen LogP contribution in [-0.2, 0) is 17.6 Å². The molecule has 0 bridgehead atoms. The lowest BCUT2D eigenvalue weighted by atomic mass is 9.92. The van der Waals surface area contributed by atoms with Crippen LogP contribution in [0.4, 0.5) is 4.79 Å². The Morgan fingerprint density at radius 1 is 1.48 bits per heavy atom. The molecule has 1 fully saturated rings. The maximum atomic E-state index is 12.4. The molecule has 2 N–H and O–H groups in total. The number of hydrogen-bond acceptors (Lipinski definition) is 4. The molecule has 0 radical (unpaired) electrons. The van der Waals surface area contributed by atoms with Gasteiger partial charge in [0.05, 0.1) is 6.20 Å². The Morgan fingerprint density at radius 2 is 2.28 bits per heavy atom. The fourth-order valence-corrected chi connectivity index (χ4v) is 4.08. The summed E-state index contributed by atoms with van der Waals surface area (Å²) in [4.78, 5) is 14.4. The minimum Gasteiger partial charge on any atom is -0.444 e. The van der Waals surface area contributed by atoms with Crippen LogP contribution in [0.3, 0.4) is 0 Å². The number of amides is 1. The van der Waals surface area contributed by atoms with Gasteiger partial charge in [0, 0.05) is 30.4 Å². The fraction of sp³-hybridized carbons (Fsp3) is 0.789. The van der Waals surface area contributed by atoms with E-state index in [9.17, 15) is 4.79 Å². The number of nitrogens with zero attached hydrogens (tertiary/aromatic N) is 2. The molecule has 1 aliphatic heterocycles. The molecule has 1 aliphatic carbocycles. The Hall–Kier alpha value is -1.56. The number of likely N-dealkylation sites (tertiary alicyclic amines) is 1. The summed E-state index contributed by atoms with van der Waals surface area (Å²) in [6.07, 6.45) is 8.15. The van der Waals surface area contributed by atoms with Crippen molar-refractivity contribution in [1.29, 1.82) is 0 Å². The van der Waals surface area contributed by atoms with Gasteiger partial charge in [-0.1, -0.05) is 0 Å². The smallest absolute Gasteiger partial charge is 0.410 e. The van der Waals surface area contributed by atoms with Crippen molar-refractivity contribution in [3.8, 4) is 0 Å². The number of ether oxygens (including phenoxy) is 1. The number of aryl methyl sites for hydroxylation is 1. The fourth-order valence-electron chi connectivity index (χ4n) is 4.08. The molecule has 3 atom stereocenters. The van der Waals surface area contributed by atoms with Crippen molar-refractivity contribution in [2.75, 3.05) is 6.54 Å². The van der Waals surface area contributed by atoms with Gasteiger partial charge in [0.2, 0.25) is 0 Å². The van der Waals surface area contributed by atoms with Crippen LogP contribution in [0.25, 0.3) is 0 Å². The van der Waals surface area contributed by atoms with Gasteiger partial charge < -0.3 is 15.0 Å². The SMILES string of the molecule is C[C@H](C[C@@H]1CCCN1C(=O)OC(C)(C)C)N[C@H]1CCc2[nH]ncc2C1. The van der Waals surface area contributed by atoms with Gasteiger partial charge in [-0.3, -0.25) is 5.10 Å². The number of carbonyl (C=O) groups excluding carboxylic acids is 1. The van der Waals surface area contributed by atoms with Crippen molar-refractivity contribution in [2.24, 2.45) is 0 Å². The van der Waals surface area contributed by atoms with E-state index >= 15 is 0 Å². The maximum absolute atomic E-state index is 12.4. The molecular weight excluding hydrogens is 316 g/mol. The first kappa shape index (κ1) is 18.2. The van der Waals surface area contributed by atoms with Crippen LogP contribution in [0, 0.1) is 0 Å². The average Bonchev–Trinajstić information content (AvgIpc) is 3.13. The minimum absolute atomic E-state index is 0.164. The zero-order valence-electron chi connectivity index (χ0n) is 16.0. The summed E-state index contributed by atoms with van der Waals surface area (Å²) in [6, 6.07) is 1.16. The molecular formula is C19H32N4O2. The monoisotopic (exact) mass is 348 g/mol. The van der Waals surface area contributed by atoms with Crippen molar-refractivity contribution in [3.05, 3.63) is 17.5 Å². The number of fused-ring (bicyclic) bond motifs is 1. The normalized spacial score (nSPS) is 24.9. The van der Waals surface area contributed by atoms with Crippen LogP contribution in [0.15, 0.2) is 6.20 Å². The molecule has 1 aromatic rings. The van der Waals surface area contributed by atoms with E-state index in [2.05, 4.69) is 22.4 Å². The Bertz CT molecular complexity index is 592. The lowest BCUT2D eigenvalue weighted by molar-refractivity contribution is 0.0214. The zero-order chi connectivity index (χ0) is 18.0. The Balaban J connectivity index is 1.50. The van der Waals surface area contributed by atoms with Crippen molar-refractivity contribution in [1.82, 2.24) is 20.4 Å². The minimum atomic E-state index is -0.432. The van der Waals surface area contributed by atoms with E-state index in [0.717, 1.165) is 45.1 Å². The van der Waals surface area contributed by atoms with E-state index in [1.165, 1.54) is 11.3 Å². The number of aromatic nitrogens is 2. The Kier molecular flexibility index (Phi) is 5.37. The van der Waals surface area contributed by atoms with E-state index in [0.29, 0.717) is 12.1 Å². The molecule has 6 nitrogen and oxygen atoms in total. The van der Waals surface area contributed by atoms with E-state index in [4.69, 9.17) is 4.74 Å². The lowest BCUT2D eigenvalue weighted by Gasteiger charge is -2.32. The highest BCUT2D eigenvalue weighted by Gasteiger charge is 2.33. The van der Waals surface area contributed by atoms with Gasteiger partial charge in [-0.05, 0) is 71.8 Å². The molecule has 3 rings (SSSR count). The van der Waals surface area contributed by atoms with Crippen LogP contribution in [0.1, 0.15) is 64.6 Å². The second-order valence-corrected chi connectivity index (χ2v) is 8.59. The molecule has 0 spiro atoms. The van der Waals surface area contributed by atoms with Crippen molar-refractivity contribution in [2.45, 2.75) is 89.9 Å². The second-order valence-electron chi connectivity index (χ2n) is 8.59. The summed E-state index contributed by atoms with van der Waals surface area (Å²) in [7, 11) is 0.